The van der Waals surface area contributed by atoms with Gasteiger partial charge in [-0.2, -0.15) is 0 Å². The van der Waals surface area contributed by atoms with Gasteiger partial charge in [-0.05, 0) is 30.4 Å². The molecule has 3 unspecified atom stereocenters. The van der Waals surface area contributed by atoms with E-state index in [0.717, 1.165) is 19.3 Å². The molecule has 106 valence electrons. The van der Waals surface area contributed by atoms with Crippen molar-refractivity contribution >= 4 is 0 Å². The number of aryl methyl sites for hydroxylation is 1. The summed E-state index contributed by atoms with van der Waals surface area (Å²) in [7, 11) is 1.67. The third-order valence-electron chi connectivity index (χ3n) is 4.52. The summed E-state index contributed by atoms with van der Waals surface area (Å²) in [6.07, 6.45) is 2.67. The Bertz CT molecular complexity index is 421. The van der Waals surface area contributed by atoms with Crippen molar-refractivity contribution in [3.63, 3.8) is 0 Å². The van der Waals surface area contributed by atoms with Gasteiger partial charge in [0.1, 0.15) is 0 Å². The Hall–Kier alpha value is -0.900. The quantitative estimate of drug-likeness (QED) is 0.852. The lowest BCUT2D eigenvalue weighted by Crippen LogP contribution is -2.51. The number of nitrogens with two attached hydrogens (primary N) is 1. The van der Waals surface area contributed by atoms with Gasteiger partial charge in [0.2, 0.25) is 0 Å². The summed E-state index contributed by atoms with van der Waals surface area (Å²) in [6, 6.07) is 8.40. The number of benzene rings is 1. The summed E-state index contributed by atoms with van der Waals surface area (Å²) in [5.74, 6) is 0.0831. The van der Waals surface area contributed by atoms with Crippen LogP contribution in [0.5, 0.6) is 0 Å². The summed E-state index contributed by atoms with van der Waals surface area (Å²) >= 11 is 0. The largest absolute Gasteiger partial charge is 0.392 e. The van der Waals surface area contributed by atoms with Gasteiger partial charge in [0.25, 0.3) is 0 Å². The van der Waals surface area contributed by atoms with Gasteiger partial charge in [-0.25, -0.2) is 0 Å². The van der Waals surface area contributed by atoms with Crippen LogP contribution in [0.2, 0.25) is 0 Å². The summed E-state index contributed by atoms with van der Waals surface area (Å²) < 4.78 is 5.19. The van der Waals surface area contributed by atoms with E-state index >= 15 is 0 Å². The minimum absolute atomic E-state index is 0.0831. The number of aliphatic hydroxyl groups excluding tert-OH is 1. The zero-order chi connectivity index (χ0) is 13.9. The predicted octanol–water partition coefficient (Wildman–Crippen LogP) is 1.86. The molecule has 1 aromatic rings. The summed E-state index contributed by atoms with van der Waals surface area (Å²) in [6.45, 7) is 3.08. The fourth-order valence-corrected chi connectivity index (χ4v) is 3.49. The Morgan fingerprint density at radius 3 is 2.84 bits per heavy atom. The van der Waals surface area contributed by atoms with Crippen molar-refractivity contribution in [3.8, 4) is 0 Å². The second-order valence-electron chi connectivity index (χ2n) is 5.75. The van der Waals surface area contributed by atoms with Crippen LogP contribution in [0.25, 0.3) is 0 Å². The Morgan fingerprint density at radius 1 is 1.42 bits per heavy atom. The Morgan fingerprint density at radius 2 is 2.16 bits per heavy atom. The van der Waals surface area contributed by atoms with Crippen molar-refractivity contribution in [2.45, 2.75) is 37.7 Å². The van der Waals surface area contributed by atoms with E-state index in [1.807, 2.05) is 13.0 Å². The Kier molecular flexibility index (Phi) is 4.61. The number of ether oxygens (including phenoxy) is 1. The summed E-state index contributed by atoms with van der Waals surface area (Å²) in [5, 5.41) is 10.8. The second kappa shape index (κ2) is 6.04. The van der Waals surface area contributed by atoms with E-state index in [1.165, 1.54) is 11.1 Å². The van der Waals surface area contributed by atoms with Gasteiger partial charge in [-0.1, -0.05) is 31.2 Å². The minimum atomic E-state index is -0.459. The normalized spacial score (nSPS) is 25.7. The Labute approximate surface area is 115 Å². The number of methoxy groups -OCH3 is 1. The van der Waals surface area contributed by atoms with Crippen LogP contribution in [0.4, 0.5) is 0 Å². The average Bonchev–Trinajstić information content (AvgIpc) is 2.46. The van der Waals surface area contributed by atoms with E-state index < -0.39 is 6.10 Å². The van der Waals surface area contributed by atoms with Crippen LogP contribution in [-0.4, -0.2) is 31.5 Å². The standard InChI is InChI=1S/C16H25NO2/c1-12(10-19-2)15(18)16(11-17)9-5-7-13-6-3-4-8-14(13)16/h3-4,6,8,12,15,18H,5,7,9-11,17H2,1-2H3. The summed E-state index contributed by atoms with van der Waals surface area (Å²) in [4.78, 5) is 0. The molecular formula is C16H25NO2. The first-order valence-corrected chi connectivity index (χ1v) is 7.11. The molecule has 0 saturated carbocycles. The molecule has 3 nitrogen and oxygen atoms in total. The van der Waals surface area contributed by atoms with Gasteiger partial charge < -0.3 is 15.6 Å². The molecule has 0 bridgehead atoms. The molecule has 2 rings (SSSR count). The monoisotopic (exact) mass is 263 g/mol. The van der Waals surface area contributed by atoms with E-state index in [-0.39, 0.29) is 11.3 Å². The van der Waals surface area contributed by atoms with Crippen LogP contribution in [0.15, 0.2) is 24.3 Å². The van der Waals surface area contributed by atoms with Crippen molar-refractivity contribution in [1.82, 2.24) is 0 Å². The van der Waals surface area contributed by atoms with Crippen LogP contribution in [-0.2, 0) is 16.6 Å². The van der Waals surface area contributed by atoms with Crippen molar-refractivity contribution in [3.05, 3.63) is 35.4 Å². The van der Waals surface area contributed by atoms with E-state index in [9.17, 15) is 5.11 Å². The minimum Gasteiger partial charge on any atom is -0.392 e. The molecule has 1 aliphatic carbocycles. The maximum absolute atomic E-state index is 10.8. The number of hydrogen-bond acceptors (Lipinski definition) is 3. The molecule has 0 radical (unpaired) electrons. The molecule has 0 amide bonds. The molecule has 0 spiro atoms. The van der Waals surface area contributed by atoms with Gasteiger partial charge in [0, 0.05) is 25.0 Å². The maximum Gasteiger partial charge on any atom is 0.0696 e. The molecule has 0 saturated heterocycles. The maximum atomic E-state index is 10.8. The van der Waals surface area contributed by atoms with Gasteiger partial charge >= 0.3 is 0 Å². The van der Waals surface area contributed by atoms with Crippen molar-refractivity contribution < 1.29 is 9.84 Å². The van der Waals surface area contributed by atoms with Crippen LogP contribution >= 0.6 is 0 Å². The zero-order valence-corrected chi connectivity index (χ0v) is 11.9. The molecule has 3 N–H and O–H groups in total. The zero-order valence-electron chi connectivity index (χ0n) is 11.9. The highest BCUT2D eigenvalue weighted by atomic mass is 16.5. The van der Waals surface area contributed by atoms with Gasteiger partial charge in [0.05, 0.1) is 12.7 Å². The van der Waals surface area contributed by atoms with Crippen LogP contribution in [0.3, 0.4) is 0 Å². The van der Waals surface area contributed by atoms with Crippen LogP contribution in [0.1, 0.15) is 30.9 Å². The Balaban J connectivity index is 2.38. The lowest BCUT2D eigenvalue weighted by atomic mass is 9.64. The first-order valence-electron chi connectivity index (χ1n) is 7.11. The molecule has 3 atom stereocenters. The van der Waals surface area contributed by atoms with Crippen molar-refractivity contribution in [2.75, 3.05) is 20.3 Å². The van der Waals surface area contributed by atoms with Gasteiger partial charge in [-0.3, -0.25) is 0 Å². The molecule has 0 heterocycles. The molecule has 3 heteroatoms. The SMILES string of the molecule is COCC(C)C(O)C1(CN)CCCc2ccccc21. The first-order chi connectivity index (χ1) is 9.15. The molecule has 1 aromatic carbocycles. The van der Waals surface area contributed by atoms with Gasteiger partial charge in [-0.15, -0.1) is 0 Å². The highest BCUT2D eigenvalue weighted by Gasteiger charge is 2.43. The van der Waals surface area contributed by atoms with E-state index in [0.29, 0.717) is 13.2 Å². The molecule has 0 aliphatic heterocycles. The molecular weight excluding hydrogens is 238 g/mol. The first kappa shape index (κ1) is 14.5. The van der Waals surface area contributed by atoms with Crippen LogP contribution in [0, 0.1) is 5.92 Å². The number of rotatable bonds is 5. The number of fused-ring (bicyclic) bond motifs is 1. The van der Waals surface area contributed by atoms with Crippen molar-refractivity contribution in [1.29, 1.82) is 0 Å². The highest BCUT2D eigenvalue weighted by Crippen LogP contribution is 2.41. The summed E-state index contributed by atoms with van der Waals surface area (Å²) in [5.41, 5.74) is 8.35. The van der Waals surface area contributed by atoms with E-state index in [4.69, 9.17) is 10.5 Å². The van der Waals surface area contributed by atoms with Gasteiger partial charge in [0.15, 0.2) is 0 Å². The molecule has 1 aliphatic rings. The second-order valence-corrected chi connectivity index (χ2v) is 5.75. The highest BCUT2D eigenvalue weighted by molar-refractivity contribution is 5.38. The molecule has 0 aromatic heterocycles. The lowest BCUT2D eigenvalue weighted by Gasteiger charge is -2.44. The number of hydrogen-bond donors (Lipinski definition) is 2. The fourth-order valence-electron chi connectivity index (χ4n) is 3.49. The van der Waals surface area contributed by atoms with Crippen LogP contribution < -0.4 is 5.73 Å². The molecule has 0 fully saturated rings. The van der Waals surface area contributed by atoms with Crippen molar-refractivity contribution in [2.24, 2.45) is 11.7 Å². The van der Waals surface area contributed by atoms with E-state index in [2.05, 4.69) is 18.2 Å². The third kappa shape index (κ3) is 2.55. The predicted molar refractivity (Wildman–Crippen MR) is 77.2 cm³/mol. The fraction of sp³-hybridized carbons (Fsp3) is 0.625. The third-order valence-corrected chi connectivity index (χ3v) is 4.52. The lowest BCUT2D eigenvalue weighted by molar-refractivity contribution is -0.00270. The topological polar surface area (TPSA) is 55.5 Å². The smallest absolute Gasteiger partial charge is 0.0696 e. The number of aliphatic hydroxyl groups is 1. The molecule has 19 heavy (non-hydrogen) atoms. The average molecular weight is 263 g/mol. The van der Waals surface area contributed by atoms with E-state index in [1.54, 1.807) is 7.11 Å².